The van der Waals surface area contributed by atoms with Crippen molar-refractivity contribution in [3.63, 3.8) is 0 Å². The molecule has 0 spiro atoms. The molecule has 0 radical (unpaired) electrons. The molecule has 1 unspecified atom stereocenters. The summed E-state index contributed by atoms with van der Waals surface area (Å²) in [5, 5.41) is 4.01. The highest BCUT2D eigenvalue weighted by Gasteiger charge is 2.21. The molecule has 1 aliphatic heterocycles. The molecule has 0 bridgehead atoms. The van der Waals surface area contributed by atoms with Crippen LogP contribution in [0.15, 0.2) is 24.3 Å². The van der Waals surface area contributed by atoms with E-state index in [1.165, 1.54) is 0 Å². The first-order valence-electron chi connectivity index (χ1n) is 7.01. The van der Waals surface area contributed by atoms with E-state index in [2.05, 4.69) is 5.32 Å². The van der Waals surface area contributed by atoms with Gasteiger partial charge in [-0.2, -0.15) is 0 Å². The van der Waals surface area contributed by atoms with Crippen LogP contribution in [0.1, 0.15) is 19.3 Å². The molecule has 6 heteroatoms. The second kappa shape index (κ2) is 9.13. The summed E-state index contributed by atoms with van der Waals surface area (Å²) in [4.78, 5) is 14.0. The van der Waals surface area contributed by atoms with Gasteiger partial charge in [-0.15, -0.1) is 12.4 Å². The van der Waals surface area contributed by atoms with Crippen LogP contribution < -0.4 is 10.1 Å². The van der Waals surface area contributed by atoms with E-state index in [1.54, 1.807) is 24.3 Å². The lowest BCUT2D eigenvalue weighted by molar-refractivity contribution is -0.134. The molecule has 0 aromatic heterocycles. The molecule has 1 aliphatic rings. The van der Waals surface area contributed by atoms with Gasteiger partial charge in [0.2, 0.25) is 0 Å². The monoisotopic (exact) mass is 332 g/mol. The van der Waals surface area contributed by atoms with Gasteiger partial charge < -0.3 is 15.0 Å². The van der Waals surface area contributed by atoms with Crippen molar-refractivity contribution in [1.82, 2.24) is 10.2 Å². The number of nitrogens with one attached hydrogen (secondary N) is 1. The Bertz CT molecular complexity index is 432. The number of hydrogen-bond donors (Lipinski definition) is 1. The highest BCUT2D eigenvalue weighted by molar-refractivity contribution is 6.30. The lowest BCUT2D eigenvalue weighted by atomic mass is 10.1. The van der Waals surface area contributed by atoms with Gasteiger partial charge >= 0.3 is 0 Å². The molecule has 1 saturated heterocycles. The number of hydrogen-bond acceptors (Lipinski definition) is 3. The van der Waals surface area contributed by atoms with Crippen LogP contribution in [0.25, 0.3) is 0 Å². The summed E-state index contributed by atoms with van der Waals surface area (Å²) in [6.45, 7) is 2.09. The molecule has 1 atom stereocenters. The quantitative estimate of drug-likeness (QED) is 0.921. The van der Waals surface area contributed by atoms with Crippen molar-refractivity contribution >= 4 is 29.9 Å². The first kappa shape index (κ1) is 18.1. The SMILES string of the molecule is CN(C(=O)COc1ccc(Cl)cc1)C1CCCNCC1.Cl. The van der Waals surface area contributed by atoms with Crippen LogP contribution >= 0.6 is 24.0 Å². The summed E-state index contributed by atoms with van der Waals surface area (Å²) < 4.78 is 5.50. The highest BCUT2D eigenvalue weighted by Crippen LogP contribution is 2.16. The Morgan fingerprint density at radius 2 is 2.05 bits per heavy atom. The van der Waals surface area contributed by atoms with Gasteiger partial charge in [0, 0.05) is 18.1 Å². The molecular weight excluding hydrogens is 311 g/mol. The van der Waals surface area contributed by atoms with E-state index in [0.717, 1.165) is 32.4 Å². The van der Waals surface area contributed by atoms with E-state index in [4.69, 9.17) is 16.3 Å². The molecule has 0 aliphatic carbocycles. The lowest BCUT2D eigenvalue weighted by Crippen LogP contribution is -2.40. The normalized spacial score (nSPS) is 18.3. The average Bonchev–Trinajstić information content (AvgIpc) is 2.74. The Hall–Kier alpha value is -0.970. The maximum absolute atomic E-state index is 12.1. The molecule has 1 amide bonds. The fourth-order valence-electron chi connectivity index (χ4n) is 2.37. The topological polar surface area (TPSA) is 41.6 Å². The Labute approximate surface area is 137 Å². The Morgan fingerprint density at radius 3 is 2.76 bits per heavy atom. The fraction of sp³-hybridized carbons (Fsp3) is 0.533. The van der Waals surface area contributed by atoms with Crippen LogP contribution in [0.5, 0.6) is 5.75 Å². The first-order valence-corrected chi connectivity index (χ1v) is 7.39. The van der Waals surface area contributed by atoms with Crippen molar-refractivity contribution in [3.8, 4) is 5.75 Å². The van der Waals surface area contributed by atoms with Crippen LogP contribution in [-0.4, -0.2) is 43.6 Å². The van der Waals surface area contributed by atoms with Gasteiger partial charge in [-0.1, -0.05) is 11.6 Å². The Morgan fingerprint density at radius 1 is 1.33 bits per heavy atom. The van der Waals surface area contributed by atoms with Crippen LogP contribution in [-0.2, 0) is 4.79 Å². The zero-order valence-electron chi connectivity index (χ0n) is 12.2. The van der Waals surface area contributed by atoms with Crippen LogP contribution in [0.3, 0.4) is 0 Å². The summed E-state index contributed by atoms with van der Waals surface area (Å²) in [5.74, 6) is 0.686. The maximum Gasteiger partial charge on any atom is 0.260 e. The minimum Gasteiger partial charge on any atom is -0.484 e. The average molecular weight is 333 g/mol. The summed E-state index contributed by atoms with van der Waals surface area (Å²) in [6.07, 6.45) is 3.17. The van der Waals surface area contributed by atoms with E-state index in [9.17, 15) is 4.79 Å². The standard InChI is InChI=1S/C15H21ClN2O2.ClH/c1-18(13-3-2-9-17-10-8-13)15(19)11-20-14-6-4-12(16)5-7-14;/h4-7,13,17H,2-3,8-11H2,1H3;1H. The smallest absolute Gasteiger partial charge is 0.260 e. The van der Waals surface area contributed by atoms with Crippen LogP contribution in [0.4, 0.5) is 0 Å². The minimum atomic E-state index is 0. The second-order valence-electron chi connectivity index (χ2n) is 5.08. The van der Waals surface area contributed by atoms with E-state index in [-0.39, 0.29) is 24.9 Å². The van der Waals surface area contributed by atoms with Gasteiger partial charge in [0.25, 0.3) is 5.91 Å². The highest BCUT2D eigenvalue weighted by atomic mass is 35.5. The Kier molecular flexibility index (Phi) is 7.86. The molecule has 0 saturated carbocycles. The van der Waals surface area contributed by atoms with Crippen LogP contribution in [0.2, 0.25) is 5.02 Å². The van der Waals surface area contributed by atoms with Crippen molar-refractivity contribution in [2.75, 3.05) is 26.7 Å². The fourth-order valence-corrected chi connectivity index (χ4v) is 2.50. The zero-order chi connectivity index (χ0) is 14.4. The molecule has 1 heterocycles. The van der Waals surface area contributed by atoms with E-state index >= 15 is 0 Å². The van der Waals surface area contributed by atoms with Gasteiger partial charge in [-0.3, -0.25) is 4.79 Å². The van der Waals surface area contributed by atoms with Crippen LogP contribution in [0, 0.1) is 0 Å². The maximum atomic E-state index is 12.1. The van der Waals surface area contributed by atoms with Gasteiger partial charge in [0.05, 0.1) is 0 Å². The number of likely N-dealkylation sites (N-methyl/N-ethyl adjacent to an activating group) is 1. The van der Waals surface area contributed by atoms with Gasteiger partial charge in [0.15, 0.2) is 6.61 Å². The number of ether oxygens (including phenoxy) is 1. The second-order valence-corrected chi connectivity index (χ2v) is 5.52. The largest absolute Gasteiger partial charge is 0.484 e. The number of carbonyl (C=O) groups excluding carboxylic acids is 1. The number of amides is 1. The van der Waals surface area contributed by atoms with Gasteiger partial charge in [0.1, 0.15) is 5.75 Å². The predicted molar refractivity (Wildman–Crippen MR) is 87.5 cm³/mol. The third-order valence-electron chi connectivity index (χ3n) is 3.66. The van der Waals surface area contributed by atoms with Crippen molar-refractivity contribution in [1.29, 1.82) is 0 Å². The van der Waals surface area contributed by atoms with Crippen molar-refractivity contribution in [2.45, 2.75) is 25.3 Å². The summed E-state index contributed by atoms with van der Waals surface area (Å²) in [7, 11) is 1.86. The molecule has 4 nitrogen and oxygen atoms in total. The molecular formula is C15H22Cl2N2O2. The minimum absolute atomic E-state index is 0. The molecule has 1 fully saturated rings. The van der Waals surface area contributed by atoms with E-state index < -0.39 is 0 Å². The zero-order valence-corrected chi connectivity index (χ0v) is 13.8. The summed E-state index contributed by atoms with van der Waals surface area (Å²) in [6, 6.07) is 7.35. The molecule has 21 heavy (non-hydrogen) atoms. The third kappa shape index (κ3) is 5.73. The molecule has 1 N–H and O–H groups in total. The molecule has 1 aromatic rings. The molecule has 118 valence electrons. The number of rotatable bonds is 4. The summed E-state index contributed by atoms with van der Waals surface area (Å²) in [5.41, 5.74) is 0. The predicted octanol–water partition coefficient (Wildman–Crippen LogP) is 2.74. The number of carbonyl (C=O) groups is 1. The van der Waals surface area contributed by atoms with Gasteiger partial charge in [-0.05, 0) is 56.6 Å². The third-order valence-corrected chi connectivity index (χ3v) is 3.91. The molecule has 1 aromatic carbocycles. The molecule has 2 rings (SSSR count). The number of halogens is 2. The first-order chi connectivity index (χ1) is 9.66. The summed E-state index contributed by atoms with van der Waals surface area (Å²) >= 11 is 5.81. The lowest BCUT2D eigenvalue weighted by Gasteiger charge is -2.27. The van der Waals surface area contributed by atoms with E-state index in [0.29, 0.717) is 16.8 Å². The van der Waals surface area contributed by atoms with Crippen molar-refractivity contribution < 1.29 is 9.53 Å². The Balaban J connectivity index is 0.00000220. The number of nitrogens with zero attached hydrogens (tertiary/aromatic N) is 1. The van der Waals surface area contributed by atoms with Crippen molar-refractivity contribution in [2.24, 2.45) is 0 Å². The number of benzene rings is 1. The van der Waals surface area contributed by atoms with E-state index in [1.807, 2.05) is 11.9 Å². The van der Waals surface area contributed by atoms with Gasteiger partial charge in [-0.25, -0.2) is 0 Å². The van der Waals surface area contributed by atoms with Crippen molar-refractivity contribution in [3.05, 3.63) is 29.3 Å².